The molecule has 4 N–H and O–H groups in total. The summed E-state index contributed by atoms with van der Waals surface area (Å²) in [6.07, 6.45) is 3.68. The Morgan fingerprint density at radius 2 is 2.17 bits per heavy atom. The Morgan fingerprint density at radius 3 is 2.87 bits per heavy atom. The monoisotopic (exact) mass is 319 g/mol. The third-order valence-corrected chi connectivity index (χ3v) is 4.01. The SMILES string of the molecule is CC(=O)Nc1cccc(OCCNC(=O)C[C@@H]2CCC[C@H]2N)c1. The quantitative estimate of drug-likeness (QED) is 0.666. The molecular weight excluding hydrogens is 294 g/mol. The fraction of sp³-hybridized carbons (Fsp3) is 0.529. The first-order valence-corrected chi connectivity index (χ1v) is 8.07. The molecule has 0 spiro atoms. The fourth-order valence-electron chi connectivity index (χ4n) is 2.86. The lowest BCUT2D eigenvalue weighted by Crippen LogP contribution is -2.33. The summed E-state index contributed by atoms with van der Waals surface area (Å²) in [5.74, 6) is 0.871. The highest BCUT2D eigenvalue weighted by atomic mass is 16.5. The summed E-state index contributed by atoms with van der Waals surface area (Å²) in [6.45, 7) is 2.29. The van der Waals surface area contributed by atoms with Gasteiger partial charge in [-0.15, -0.1) is 0 Å². The van der Waals surface area contributed by atoms with Crippen molar-refractivity contribution in [3.8, 4) is 5.75 Å². The summed E-state index contributed by atoms with van der Waals surface area (Å²) in [4.78, 5) is 22.9. The molecule has 1 saturated carbocycles. The number of nitrogens with one attached hydrogen (secondary N) is 2. The molecule has 1 fully saturated rings. The minimum atomic E-state index is -0.125. The van der Waals surface area contributed by atoms with Gasteiger partial charge in [-0.25, -0.2) is 0 Å². The average Bonchev–Trinajstić information content (AvgIpc) is 2.89. The molecule has 1 aromatic rings. The number of ether oxygens (including phenoxy) is 1. The van der Waals surface area contributed by atoms with Crippen LogP contribution in [-0.4, -0.2) is 31.0 Å². The Morgan fingerprint density at radius 1 is 1.35 bits per heavy atom. The van der Waals surface area contributed by atoms with Gasteiger partial charge in [-0.1, -0.05) is 12.5 Å². The minimum Gasteiger partial charge on any atom is -0.492 e. The van der Waals surface area contributed by atoms with E-state index in [1.807, 2.05) is 6.07 Å². The Hall–Kier alpha value is -2.08. The normalized spacial score (nSPS) is 20.1. The standard InChI is InChI=1S/C17H25N3O3/c1-12(21)20-14-5-3-6-15(11-14)23-9-8-19-17(22)10-13-4-2-7-16(13)18/h3,5-6,11,13,16H,2,4,7-10,18H2,1H3,(H,19,22)(H,20,21)/t13-,16+/m0/s1. The van der Waals surface area contributed by atoms with E-state index in [1.165, 1.54) is 6.92 Å². The van der Waals surface area contributed by atoms with Gasteiger partial charge in [0.1, 0.15) is 12.4 Å². The molecule has 6 heteroatoms. The van der Waals surface area contributed by atoms with Gasteiger partial charge in [0, 0.05) is 31.1 Å². The maximum atomic E-state index is 11.9. The largest absolute Gasteiger partial charge is 0.492 e. The molecule has 0 bridgehead atoms. The molecule has 1 aliphatic rings. The molecule has 0 aromatic heterocycles. The summed E-state index contributed by atoms with van der Waals surface area (Å²) >= 11 is 0. The second kappa shape index (κ2) is 8.53. The van der Waals surface area contributed by atoms with E-state index in [2.05, 4.69) is 10.6 Å². The number of carbonyl (C=O) groups excluding carboxylic acids is 2. The predicted octanol–water partition coefficient (Wildman–Crippen LogP) is 1.66. The van der Waals surface area contributed by atoms with Crippen LogP contribution in [0.5, 0.6) is 5.75 Å². The van der Waals surface area contributed by atoms with E-state index in [9.17, 15) is 9.59 Å². The molecule has 23 heavy (non-hydrogen) atoms. The molecule has 0 heterocycles. The minimum absolute atomic E-state index is 0.0305. The molecule has 0 aliphatic heterocycles. The molecule has 0 radical (unpaired) electrons. The molecule has 2 rings (SSSR count). The van der Waals surface area contributed by atoms with Gasteiger partial charge in [0.05, 0.1) is 6.54 Å². The van der Waals surface area contributed by atoms with Crippen LogP contribution in [-0.2, 0) is 9.59 Å². The maximum Gasteiger partial charge on any atom is 0.221 e. The van der Waals surface area contributed by atoms with Gasteiger partial charge in [0.2, 0.25) is 11.8 Å². The van der Waals surface area contributed by atoms with Crippen molar-refractivity contribution in [1.29, 1.82) is 0 Å². The second-order valence-electron chi connectivity index (χ2n) is 5.97. The van der Waals surface area contributed by atoms with Crippen LogP contribution in [0, 0.1) is 5.92 Å². The van der Waals surface area contributed by atoms with E-state index in [-0.39, 0.29) is 17.9 Å². The summed E-state index contributed by atoms with van der Waals surface area (Å²) in [6, 6.07) is 7.32. The second-order valence-corrected chi connectivity index (χ2v) is 5.97. The van der Waals surface area contributed by atoms with Crippen molar-refractivity contribution >= 4 is 17.5 Å². The number of benzene rings is 1. The summed E-state index contributed by atoms with van der Waals surface area (Å²) in [5, 5.41) is 5.56. The highest BCUT2D eigenvalue weighted by Gasteiger charge is 2.25. The van der Waals surface area contributed by atoms with Crippen LogP contribution < -0.4 is 21.1 Å². The van der Waals surface area contributed by atoms with Crippen LogP contribution in [0.1, 0.15) is 32.6 Å². The Labute approximate surface area is 136 Å². The number of amides is 2. The molecule has 1 aromatic carbocycles. The summed E-state index contributed by atoms with van der Waals surface area (Å²) in [5.41, 5.74) is 6.66. The van der Waals surface area contributed by atoms with Crippen LogP contribution in [0.25, 0.3) is 0 Å². The lowest BCUT2D eigenvalue weighted by Gasteiger charge is -2.15. The van der Waals surface area contributed by atoms with Crippen LogP contribution >= 0.6 is 0 Å². The summed E-state index contributed by atoms with van der Waals surface area (Å²) in [7, 11) is 0. The average molecular weight is 319 g/mol. The van der Waals surface area contributed by atoms with Gasteiger partial charge in [-0.05, 0) is 30.9 Å². The van der Waals surface area contributed by atoms with Crippen molar-refractivity contribution in [1.82, 2.24) is 5.32 Å². The molecular formula is C17H25N3O3. The molecule has 2 amide bonds. The molecule has 1 aliphatic carbocycles. The van der Waals surface area contributed by atoms with Crippen LogP contribution in [0.4, 0.5) is 5.69 Å². The molecule has 0 unspecified atom stereocenters. The zero-order valence-electron chi connectivity index (χ0n) is 13.5. The van der Waals surface area contributed by atoms with Crippen molar-refractivity contribution < 1.29 is 14.3 Å². The third kappa shape index (κ3) is 5.90. The number of carbonyl (C=O) groups is 2. The number of anilines is 1. The van der Waals surface area contributed by atoms with E-state index in [4.69, 9.17) is 10.5 Å². The van der Waals surface area contributed by atoms with Crippen molar-refractivity contribution in [3.63, 3.8) is 0 Å². The Balaban J connectivity index is 1.66. The van der Waals surface area contributed by atoms with E-state index < -0.39 is 0 Å². The predicted molar refractivity (Wildman–Crippen MR) is 89.2 cm³/mol. The van der Waals surface area contributed by atoms with Crippen LogP contribution in [0.3, 0.4) is 0 Å². The van der Waals surface area contributed by atoms with E-state index in [0.29, 0.717) is 36.9 Å². The third-order valence-electron chi connectivity index (χ3n) is 4.01. The first kappa shape index (κ1) is 17.3. The first-order valence-electron chi connectivity index (χ1n) is 8.07. The number of nitrogens with two attached hydrogens (primary N) is 1. The van der Waals surface area contributed by atoms with Crippen LogP contribution in [0.15, 0.2) is 24.3 Å². The zero-order valence-corrected chi connectivity index (χ0v) is 13.5. The van der Waals surface area contributed by atoms with Gasteiger partial charge < -0.3 is 21.1 Å². The Bertz CT molecular complexity index is 548. The molecule has 6 nitrogen and oxygen atoms in total. The van der Waals surface area contributed by atoms with E-state index in [1.54, 1.807) is 18.2 Å². The molecule has 0 saturated heterocycles. The first-order chi connectivity index (χ1) is 11.0. The lowest BCUT2D eigenvalue weighted by atomic mass is 10.00. The zero-order chi connectivity index (χ0) is 16.7. The van der Waals surface area contributed by atoms with Crippen LogP contribution in [0.2, 0.25) is 0 Å². The highest BCUT2D eigenvalue weighted by Crippen LogP contribution is 2.26. The Kier molecular flexibility index (Phi) is 6.40. The number of rotatable bonds is 7. The van der Waals surface area contributed by atoms with Gasteiger partial charge in [-0.3, -0.25) is 9.59 Å². The van der Waals surface area contributed by atoms with Gasteiger partial charge in [0.25, 0.3) is 0 Å². The van der Waals surface area contributed by atoms with Crippen molar-refractivity contribution in [2.45, 2.75) is 38.6 Å². The van der Waals surface area contributed by atoms with Crippen molar-refractivity contribution in [2.75, 3.05) is 18.5 Å². The number of hydrogen-bond acceptors (Lipinski definition) is 4. The molecule has 126 valence electrons. The van der Waals surface area contributed by atoms with Crippen molar-refractivity contribution in [2.24, 2.45) is 11.7 Å². The van der Waals surface area contributed by atoms with Gasteiger partial charge in [-0.2, -0.15) is 0 Å². The maximum absolute atomic E-state index is 11.9. The topological polar surface area (TPSA) is 93.5 Å². The molecule has 2 atom stereocenters. The van der Waals surface area contributed by atoms with E-state index in [0.717, 1.165) is 19.3 Å². The van der Waals surface area contributed by atoms with Gasteiger partial charge >= 0.3 is 0 Å². The summed E-state index contributed by atoms with van der Waals surface area (Å²) < 4.78 is 5.58. The van der Waals surface area contributed by atoms with Gasteiger partial charge in [0.15, 0.2) is 0 Å². The number of hydrogen-bond donors (Lipinski definition) is 3. The highest BCUT2D eigenvalue weighted by molar-refractivity contribution is 5.88. The van der Waals surface area contributed by atoms with Crippen molar-refractivity contribution in [3.05, 3.63) is 24.3 Å². The van der Waals surface area contributed by atoms with E-state index >= 15 is 0 Å². The lowest BCUT2D eigenvalue weighted by molar-refractivity contribution is -0.122. The fourth-order valence-corrected chi connectivity index (χ4v) is 2.86. The smallest absolute Gasteiger partial charge is 0.221 e.